The van der Waals surface area contributed by atoms with Crippen molar-refractivity contribution in [2.24, 2.45) is 5.92 Å². The van der Waals surface area contributed by atoms with Gasteiger partial charge in [-0.15, -0.1) is 22.7 Å². The molecule has 0 spiro atoms. The molecule has 41 heavy (non-hydrogen) atoms. The molecule has 0 fully saturated rings. The quantitative estimate of drug-likeness (QED) is 0.159. The molecule has 3 heteroatoms. The molecule has 0 aliphatic carbocycles. The fraction of sp³-hybridized carbons (Fsp3) is 0.632. The summed E-state index contributed by atoms with van der Waals surface area (Å²) in [4.78, 5) is 11.3. The molecule has 0 N–H and O–H groups in total. The van der Waals surface area contributed by atoms with E-state index in [1.54, 1.807) is 34.2 Å². The maximum absolute atomic E-state index is 2.68. The minimum Gasteiger partial charge on any atom is -0.157 e. The summed E-state index contributed by atoms with van der Waals surface area (Å²) in [5.41, 5.74) is 1.86. The number of aryl methyl sites for hydroxylation is 1. The number of fused-ring (bicyclic) bond motifs is 3. The monoisotopic (exact) mass is 610 g/mol. The number of hydrogen-bond donors (Lipinski definition) is 0. The Labute approximate surface area is 263 Å². The summed E-state index contributed by atoms with van der Waals surface area (Å²) in [6.45, 7) is 21.4. The molecule has 0 radical (unpaired) electrons. The lowest BCUT2D eigenvalue weighted by molar-refractivity contribution is 0.449. The van der Waals surface area contributed by atoms with E-state index < -0.39 is 10.0 Å². The highest BCUT2D eigenvalue weighted by molar-refractivity contribution is 8.34. The Morgan fingerprint density at radius 1 is 0.634 bits per heavy atom. The van der Waals surface area contributed by atoms with Crippen molar-refractivity contribution in [3.05, 3.63) is 51.7 Å². The maximum Gasteiger partial charge on any atom is 0.0584 e. The van der Waals surface area contributed by atoms with E-state index in [9.17, 15) is 0 Å². The molecule has 1 aliphatic heterocycles. The van der Waals surface area contributed by atoms with Gasteiger partial charge in [0.05, 0.1) is 9.75 Å². The van der Waals surface area contributed by atoms with Crippen molar-refractivity contribution in [3.8, 4) is 9.75 Å². The molecule has 3 aromatic rings. The summed E-state index contributed by atoms with van der Waals surface area (Å²) in [5.74, 6) is 2.12. The molecule has 0 saturated carbocycles. The Kier molecular flexibility index (Phi) is 11.0. The molecule has 3 heterocycles. The van der Waals surface area contributed by atoms with Crippen LogP contribution in [-0.2, 0) is 17.3 Å². The maximum atomic E-state index is 2.68. The second-order valence-corrected chi connectivity index (χ2v) is 19.9. The van der Waals surface area contributed by atoms with Gasteiger partial charge in [-0.25, -0.2) is 0 Å². The van der Waals surface area contributed by atoms with E-state index in [1.807, 2.05) is 0 Å². The first kappa shape index (κ1) is 32.9. The smallest absolute Gasteiger partial charge is 0.0584 e. The molecule has 2 aromatic heterocycles. The zero-order valence-corrected chi connectivity index (χ0v) is 30.2. The second kappa shape index (κ2) is 13.7. The predicted octanol–water partition coefficient (Wildman–Crippen LogP) is 13.8. The molecule has 1 aliphatic rings. The Bertz CT molecular complexity index is 1180. The van der Waals surface area contributed by atoms with Crippen LogP contribution in [-0.4, -0.2) is 5.75 Å². The van der Waals surface area contributed by atoms with E-state index in [0.717, 1.165) is 5.92 Å². The van der Waals surface area contributed by atoms with Gasteiger partial charge in [-0.05, 0) is 82.9 Å². The van der Waals surface area contributed by atoms with Crippen LogP contribution in [0.3, 0.4) is 0 Å². The Balaban J connectivity index is 1.92. The highest BCUT2D eigenvalue weighted by atomic mass is 32.3. The molecule has 0 bridgehead atoms. The molecule has 4 rings (SSSR count). The highest BCUT2D eigenvalue weighted by Gasteiger charge is 2.46. The van der Waals surface area contributed by atoms with E-state index >= 15 is 0 Å². The molecule has 0 amide bonds. The lowest BCUT2D eigenvalue weighted by Crippen LogP contribution is -2.16. The van der Waals surface area contributed by atoms with E-state index in [2.05, 4.69) is 121 Å². The van der Waals surface area contributed by atoms with Gasteiger partial charge in [0.15, 0.2) is 0 Å². The first-order chi connectivity index (χ1) is 19.5. The van der Waals surface area contributed by atoms with Gasteiger partial charge in [-0.3, -0.25) is 0 Å². The van der Waals surface area contributed by atoms with Crippen molar-refractivity contribution in [2.45, 2.75) is 158 Å². The van der Waals surface area contributed by atoms with Gasteiger partial charge in [0.2, 0.25) is 0 Å². The van der Waals surface area contributed by atoms with Gasteiger partial charge < -0.3 is 0 Å². The normalized spacial score (nSPS) is 16.0. The standard InChI is InChI=1S/C38H58S3/c1-10-13-16-17-20-29(19-15-12-3)27-41(30-23-21-28(22-24-30)18-14-11-2)31-25-33(37(4,5)6)39-35(31)36-32(41)26-34(40-36)38(7,8)9/h21-26,29H,10-20,27H2,1-9H3. The third-order valence-corrected chi connectivity index (χ3v) is 16.6. The van der Waals surface area contributed by atoms with Crippen molar-refractivity contribution < 1.29 is 0 Å². The average molecular weight is 611 g/mol. The number of thiophene rings is 2. The van der Waals surface area contributed by atoms with Crippen LogP contribution in [0.25, 0.3) is 9.75 Å². The molecular formula is C38H58S3. The van der Waals surface area contributed by atoms with Gasteiger partial charge in [0.1, 0.15) is 0 Å². The molecular weight excluding hydrogens is 553 g/mol. The van der Waals surface area contributed by atoms with E-state index in [-0.39, 0.29) is 10.8 Å². The third-order valence-electron chi connectivity index (χ3n) is 8.89. The van der Waals surface area contributed by atoms with Gasteiger partial charge >= 0.3 is 0 Å². The largest absolute Gasteiger partial charge is 0.157 e. The summed E-state index contributed by atoms with van der Waals surface area (Å²) in [6.07, 6.45) is 14.6. The zero-order chi connectivity index (χ0) is 29.8. The Morgan fingerprint density at radius 3 is 1.63 bits per heavy atom. The molecule has 228 valence electrons. The van der Waals surface area contributed by atoms with Crippen LogP contribution in [0, 0.1) is 5.92 Å². The van der Waals surface area contributed by atoms with Crippen molar-refractivity contribution in [3.63, 3.8) is 0 Å². The predicted molar refractivity (Wildman–Crippen MR) is 189 cm³/mol. The Morgan fingerprint density at radius 2 is 1.15 bits per heavy atom. The summed E-state index contributed by atoms with van der Waals surface area (Å²) in [5, 5.41) is 0. The lowest BCUT2D eigenvalue weighted by atomic mass is 9.95. The van der Waals surface area contributed by atoms with Crippen LogP contribution in [0.4, 0.5) is 0 Å². The average Bonchev–Trinajstić information content (AvgIpc) is 3.61. The molecule has 1 unspecified atom stereocenters. The number of rotatable bonds is 14. The SMILES string of the molecule is CCCCCCC(CCCC)CS1(c2ccc(CCCC)cc2)c2cc(C(C)(C)C)sc2-c2sc(C(C)(C)C)cc21. The summed E-state index contributed by atoms with van der Waals surface area (Å²) >= 11 is 4.21. The van der Waals surface area contributed by atoms with Crippen LogP contribution in [0.1, 0.15) is 142 Å². The van der Waals surface area contributed by atoms with Crippen molar-refractivity contribution in [2.75, 3.05) is 5.75 Å². The minimum atomic E-state index is -1.33. The first-order valence-corrected chi connectivity index (χ1v) is 20.1. The fourth-order valence-electron chi connectivity index (χ4n) is 6.26. The second-order valence-electron chi connectivity index (χ2n) is 14.6. The fourth-order valence-corrected chi connectivity index (χ4v) is 14.4. The third kappa shape index (κ3) is 7.21. The number of benzene rings is 1. The van der Waals surface area contributed by atoms with Crippen LogP contribution in [0.2, 0.25) is 0 Å². The van der Waals surface area contributed by atoms with Gasteiger partial charge in [0, 0.05) is 19.5 Å². The van der Waals surface area contributed by atoms with E-state index in [1.165, 1.54) is 81.9 Å². The Hall–Kier alpha value is -1.03. The summed E-state index contributed by atoms with van der Waals surface area (Å²) in [7, 11) is -1.33. The van der Waals surface area contributed by atoms with Gasteiger partial charge in [-0.2, -0.15) is 10.0 Å². The molecule has 0 nitrogen and oxygen atoms in total. The van der Waals surface area contributed by atoms with E-state index in [4.69, 9.17) is 0 Å². The number of hydrogen-bond acceptors (Lipinski definition) is 2. The lowest BCUT2D eigenvalue weighted by Gasteiger charge is -2.41. The van der Waals surface area contributed by atoms with Gasteiger partial charge in [0.25, 0.3) is 0 Å². The summed E-state index contributed by atoms with van der Waals surface area (Å²) in [6, 6.07) is 15.4. The first-order valence-electron chi connectivity index (χ1n) is 16.6. The minimum absolute atomic E-state index is 0.177. The van der Waals surface area contributed by atoms with Gasteiger partial charge in [-0.1, -0.05) is 119 Å². The van der Waals surface area contributed by atoms with E-state index in [0.29, 0.717) is 0 Å². The van der Waals surface area contributed by atoms with Crippen LogP contribution >= 0.6 is 32.7 Å². The van der Waals surface area contributed by atoms with Crippen LogP contribution in [0.15, 0.2) is 51.1 Å². The number of unbranched alkanes of at least 4 members (excludes halogenated alkanes) is 5. The molecule has 1 atom stereocenters. The molecule has 0 saturated heterocycles. The van der Waals surface area contributed by atoms with Crippen LogP contribution in [0.5, 0.6) is 0 Å². The molecule has 1 aromatic carbocycles. The van der Waals surface area contributed by atoms with Crippen molar-refractivity contribution in [1.29, 1.82) is 0 Å². The summed E-state index contributed by atoms with van der Waals surface area (Å²) < 4.78 is 0. The topological polar surface area (TPSA) is 0 Å². The zero-order valence-electron chi connectivity index (χ0n) is 27.8. The van der Waals surface area contributed by atoms with Crippen LogP contribution < -0.4 is 0 Å². The van der Waals surface area contributed by atoms with Crippen molar-refractivity contribution in [1.82, 2.24) is 0 Å². The highest BCUT2D eigenvalue weighted by Crippen LogP contribution is 2.79. The van der Waals surface area contributed by atoms with Crippen molar-refractivity contribution >= 4 is 32.7 Å².